The van der Waals surface area contributed by atoms with Gasteiger partial charge in [0.25, 0.3) is 5.91 Å². The Morgan fingerprint density at radius 1 is 1.43 bits per heavy atom. The van der Waals surface area contributed by atoms with Gasteiger partial charge in [0.1, 0.15) is 5.82 Å². The second-order valence-electron chi connectivity index (χ2n) is 5.31. The van der Waals surface area contributed by atoms with Crippen molar-refractivity contribution < 1.29 is 14.3 Å². The number of halogens is 2. The summed E-state index contributed by atoms with van der Waals surface area (Å²) < 4.78 is 12.9. The van der Waals surface area contributed by atoms with Gasteiger partial charge in [-0.1, -0.05) is 11.6 Å². The third-order valence-corrected chi connectivity index (χ3v) is 3.98. The first-order valence-corrected chi connectivity index (χ1v) is 7.58. The summed E-state index contributed by atoms with van der Waals surface area (Å²) in [6, 6.07) is 3.74. The van der Waals surface area contributed by atoms with Gasteiger partial charge in [-0.05, 0) is 44.0 Å². The molecule has 1 aromatic carbocycles. The van der Waals surface area contributed by atoms with E-state index in [1.54, 1.807) is 0 Å². The molecule has 2 N–H and O–H groups in total. The SMILES string of the molecule is O=C(NCCCN1CCC(O)CC1)c1ccc(F)cc1Cl. The molecule has 0 aliphatic carbocycles. The van der Waals surface area contributed by atoms with E-state index in [-0.39, 0.29) is 17.0 Å². The fourth-order valence-electron chi connectivity index (χ4n) is 2.42. The standard InChI is InChI=1S/C15H20ClFN2O2/c16-14-10-11(17)2-3-13(14)15(21)18-6-1-7-19-8-4-12(20)5-9-19/h2-3,10,12,20H,1,4-9H2,(H,18,21). The fraction of sp³-hybridized carbons (Fsp3) is 0.533. The molecule has 21 heavy (non-hydrogen) atoms. The number of hydrogen-bond donors (Lipinski definition) is 2. The Balaban J connectivity index is 1.69. The molecule has 4 nitrogen and oxygen atoms in total. The molecule has 1 amide bonds. The number of amides is 1. The number of aliphatic hydroxyl groups excluding tert-OH is 1. The van der Waals surface area contributed by atoms with Crippen LogP contribution in [0, 0.1) is 5.82 Å². The van der Waals surface area contributed by atoms with Gasteiger partial charge in [0.05, 0.1) is 16.7 Å². The molecule has 0 radical (unpaired) electrons. The van der Waals surface area contributed by atoms with E-state index in [1.165, 1.54) is 12.1 Å². The first-order valence-electron chi connectivity index (χ1n) is 7.20. The Morgan fingerprint density at radius 2 is 2.14 bits per heavy atom. The summed E-state index contributed by atoms with van der Waals surface area (Å²) in [6.45, 7) is 3.24. The number of nitrogens with zero attached hydrogens (tertiary/aromatic N) is 1. The van der Waals surface area contributed by atoms with Crippen molar-refractivity contribution in [3.8, 4) is 0 Å². The summed E-state index contributed by atoms with van der Waals surface area (Å²) in [6.07, 6.45) is 2.30. The smallest absolute Gasteiger partial charge is 0.252 e. The minimum atomic E-state index is -0.455. The summed E-state index contributed by atoms with van der Waals surface area (Å²) in [5.41, 5.74) is 0.291. The zero-order valence-electron chi connectivity index (χ0n) is 11.8. The number of hydrogen-bond acceptors (Lipinski definition) is 3. The molecule has 0 bridgehead atoms. The second kappa shape index (κ2) is 7.73. The van der Waals surface area contributed by atoms with E-state index in [0.717, 1.165) is 45.0 Å². The Morgan fingerprint density at radius 3 is 2.81 bits per heavy atom. The van der Waals surface area contributed by atoms with Gasteiger partial charge < -0.3 is 15.3 Å². The highest BCUT2D eigenvalue weighted by atomic mass is 35.5. The number of nitrogens with one attached hydrogen (secondary N) is 1. The summed E-state index contributed by atoms with van der Waals surface area (Å²) in [7, 11) is 0. The lowest BCUT2D eigenvalue weighted by Crippen LogP contribution is -2.37. The molecule has 1 heterocycles. The van der Waals surface area contributed by atoms with Gasteiger partial charge in [-0.2, -0.15) is 0 Å². The molecule has 2 rings (SSSR count). The average Bonchev–Trinajstić information content (AvgIpc) is 2.45. The highest BCUT2D eigenvalue weighted by molar-refractivity contribution is 6.33. The second-order valence-corrected chi connectivity index (χ2v) is 5.71. The van der Waals surface area contributed by atoms with Crippen LogP contribution in [0.15, 0.2) is 18.2 Å². The van der Waals surface area contributed by atoms with Crippen molar-refractivity contribution >= 4 is 17.5 Å². The average molecular weight is 315 g/mol. The minimum absolute atomic E-state index is 0.123. The minimum Gasteiger partial charge on any atom is -0.393 e. The molecule has 1 fully saturated rings. The van der Waals surface area contributed by atoms with Crippen LogP contribution in [-0.4, -0.2) is 48.2 Å². The van der Waals surface area contributed by atoms with Crippen LogP contribution in [0.4, 0.5) is 4.39 Å². The van der Waals surface area contributed by atoms with E-state index < -0.39 is 5.82 Å². The van der Waals surface area contributed by atoms with Crippen molar-refractivity contribution in [2.24, 2.45) is 0 Å². The lowest BCUT2D eigenvalue weighted by atomic mass is 10.1. The van der Waals surface area contributed by atoms with Crippen LogP contribution in [0.5, 0.6) is 0 Å². The van der Waals surface area contributed by atoms with Crippen molar-refractivity contribution in [1.82, 2.24) is 10.2 Å². The van der Waals surface area contributed by atoms with Crippen molar-refractivity contribution in [3.05, 3.63) is 34.6 Å². The first kappa shape index (κ1) is 16.2. The maximum atomic E-state index is 12.9. The molecule has 1 aliphatic rings. The number of benzene rings is 1. The molecular weight excluding hydrogens is 295 g/mol. The van der Waals surface area contributed by atoms with Crippen LogP contribution in [-0.2, 0) is 0 Å². The van der Waals surface area contributed by atoms with Gasteiger partial charge in [-0.15, -0.1) is 0 Å². The third-order valence-electron chi connectivity index (χ3n) is 3.67. The molecule has 0 saturated carbocycles. The number of rotatable bonds is 5. The van der Waals surface area contributed by atoms with Crippen molar-refractivity contribution in [2.45, 2.75) is 25.4 Å². The van der Waals surface area contributed by atoms with Crippen LogP contribution in [0.25, 0.3) is 0 Å². The normalized spacial score (nSPS) is 16.9. The van der Waals surface area contributed by atoms with E-state index in [9.17, 15) is 14.3 Å². The lowest BCUT2D eigenvalue weighted by Gasteiger charge is -2.29. The van der Waals surface area contributed by atoms with Crippen LogP contribution in [0.2, 0.25) is 5.02 Å². The Labute approximate surface area is 128 Å². The third kappa shape index (κ3) is 4.95. The molecule has 0 unspecified atom stereocenters. The first-order chi connectivity index (χ1) is 10.1. The highest BCUT2D eigenvalue weighted by Crippen LogP contribution is 2.17. The summed E-state index contributed by atoms with van der Waals surface area (Å²) >= 11 is 5.84. The number of carbonyl (C=O) groups excluding carboxylic acids is 1. The van der Waals surface area contributed by atoms with E-state index in [0.29, 0.717) is 12.1 Å². The summed E-state index contributed by atoms with van der Waals surface area (Å²) in [5, 5.41) is 12.3. The van der Waals surface area contributed by atoms with Gasteiger partial charge in [-0.3, -0.25) is 4.79 Å². The quantitative estimate of drug-likeness (QED) is 0.818. The van der Waals surface area contributed by atoms with Crippen molar-refractivity contribution in [2.75, 3.05) is 26.2 Å². The van der Waals surface area contributed by atoms with Crippen LogP contribution < -0.4 is 5.32 Å². The predicted octanol–water partition coefficient (Wildman–Crippen LogP) is 2.06. The van der Waals surface area contributed by atoms with Gasteiger partial charge in [0.2, 0.25) is 0 Å². The monoisotopic (exact) mass is 314 g/mol. The largest absolute Gasteiger partial charge is 0.393 e. The van der Waals surface area contributed by atoms with Crippen LogP contribution in [0.1, 0.15) is 29.6 Å². The Bertz CT molecular complexity index is 491. The number of aliphatic hydroxyl groups is 1. The number of likely N-dealkylation sites (tertiary alicyclic amines) is 1. The van der Waals surface area contributed by atoms with Crippen molar-refractivity contribution in [1.29, 1.82) is 0 Å². The topological polar surface area (TPSA) is 52.6 Å². The van der Waals surface area contributed by atoms with E-state index >= 15 is 0 Å². The number of carbonyl (C=O) groups is 1. The predicted molar refractivity (Wildman–Crippen MR) is 80.0 cm³/mol. The zero-order chi connectivity index (χ0) is 15.2. The lowest BCUT2D eigenvalue weighted by molar-refractivity contribution is 0.0816. The zero-order valence-corrected chi connectivity index (χ0v) is 12.6. The van der Waals surface area contributed by atoms with E-state index in [2.05, 4.69) is 10.2 Å². The molecule has 0 atom stereocenters. The van der Waals surface area contributed by atoms with E-state index in [4.69, 9.17) is 11.6 Å². The number of piperidine rings is 1. The van der Waals surface area contributed by atoms with Crippen LogP contribution >= 0.6 is 11.6 Å². The highest BCUT2D eigenvalue weighted by Gasteiger charge is 2.16. The Hall–Kier alpha value is -1.17. The van der Waals surface area contributed by atoms with Gasteiger partial charge in [-0.25, -0.2) is 4.39 Å². The van der Waals surface area contributed by atoms with E-state index in [1.807, 2.05) is 0 Å². The summed E-state index contributed by atoms with van der Waals surface area (Å²) in [4.78, 5) is 14.2. The molecule has 1 aromatic rings. The fourth-order valence-corrected chi connectivity index (χ4v) is 2.67. The van der Waals surface area contributed by atoms with Crippen molar-refractivity contribution in [3.63, 3.8) is 0 Å². The molecule has 1 aliphatic heterocycles. The molecule has 116 valence electrons. The van der Waals surface area contributed by atoms with Gasteiger partial charge >= 0.3 is 0 Å². The van der Waals surface area contributed by atoms with Crippen LogP contribution in [0.3, 0.4) is 0 Å². The molecule has 0 spiro atoms. The molecule has 0 aromatic heterocycles. The Kier molecular flexibility index (Phi) is 5.96. The van der Waals surface area contributed by atoms with Gasteiger partial charge in [0, 0.05) is 19.6 Å². The molecular formula is C15H20ClFN2O2. The molecule has 6 heteroatoms. The maximum absolute atomic E-state index is 12.9. The van der Waals surface area contributed by atoms with Gasteiger partial charge in [0.15, 0.2) is 0 Å². The summed E-state index contributed by atoms with van der Waals surface area (Å²) in [5.74, 6) is -0.738. The molecule has 1 saturated heterocycles. The maximum Gasteiger partial charge on any atom is 0.252 e.